The van der Waals surface area contributed by atoms with E-state index in [9.17, 15) is 4.79 Å². The number of nitrogens with one attached hydrogen (secondary N) is 1. The molecule has 2 aromatic carbocycles. The van der Waals surface area contributed by atoms with Gasteiger partial charge in [0, 0.05) is 18.4 Å². The van der Waals surface area contributed by atoms with Gasteiger partial charge in [0.1, 0.15) is 18.2 Å². The first-order chi connectivity index (χ1) is 13.7. The second-order valence-corrected chi connectivity index (χ2v) is 8.60. The number of nitrogens with zero attached hydrogens (tertiary/aromatic N) is 2. The SMILES string of the molecule is Cc1cc(C)cc(OCCn2c(CCNC(=O)C(C)(C)C)nc3ccccc32)c1. The molecule has 0 saturated heterocycles. The lowest BCUT2D eigenvalue weighted by molar-refractivity contribution is -0.128. The molecule has 0 spiro atoms. The molecule has 29 heavy (non-hydrogen) atoms. The second-order valence-electron chi connectivity index (χ2n) is 8.60. The van der Waals surface area contributed by atoms with E-state index in [2.05, 4.69) is 48.0 Å². The third kappa shape index (κ3) is 5.37. The second kappa shape index (κ2) is 8.68. The number of imidazole rings is 1. The fourth-order valence-electron chi connectivity index (χ4n) is 3.39. The van der Waals surface area contributed by atoms with Crippen molar-refractivity contribution in [1.29, 1.82) is 0 Å². The Bertz CT molecular complexity index is 979. The molecular weight excluding hydrogens is 362 g/mol. The zero-order valence-corrected chi connectivity index (χ0v) is 18.1. The number of fused-ring (bicyclic) bond motifs is 1. The van der Waals surface area contributed by atoms with Crippen LogP contribution in [-0.2, 0) is 17.8 Å². The van der Waals surface area contributed by atoms with Crippen LogP contribution in [0.25, 0.3) is 11.0 Å². The van der Waals surface area contributed by atoms with E-state index in [0.29, 0.717) is 26.1 Å². The molecule has 5 nitrogen and oxygen atoms in total. The molecular formula is C24H31N3O2. The summed E-state index contributed by atoms with van der Waals surface area (Å²) in [5.41, 5.74) is 4.07. The van der Waals surface area contributed by atoms with Crippen LogP contribution in [-0.4, -0.2) is 28.6 Å². The van der Waals surface area contributed by atoms with Crippen molar-refractivity contribution in [2.75, 3.05) is 13.2 Å². The van der Waals surface area contributed by atoms with Gasteiger partial charge in [0.15, 0.2) is 0 Å². The molecule has 154 valence electrons. The Morgan fingerprint density at radius 1 is 1.10 bits per heavy atom. The van der Waals surface area contributed by atoms with Gasteiger partial charge in [0.25, 0.3) is 0 Å². The highest BCUT2D eigenvalue weighted by molar-refractivity contribution is 5.81. The van der Waals surface area contributed by atoms with Gasteiger partial charge in [-0.1, -0.05) is 39.0 Å². The zero-order valence-electron chi connectivity index (χ0n) is 18.1. The number of rotatable bonds is 7. The van der Waals surface area contributed by atoms with Gasteiger partial charge in [-0.3, -0.25) is 4.79 Å². The van der Waals surface area contributed by atoms with Gasteiger partial charge in [-0.05, 0) is 49.2 Å². The van der Waals surface area contributed by atoms with Crippen LogP contribution in [0.4, 0.5) is 0 Å². The number of para-hydroxylation sites is 2. The van der Waals surface area contributed by atoms with Crippen LogP contribution in [0.15, 0.2) is 42.5 Å². The molecule has 0 aliphatic heterocycles. The average Bonchev–Trinajstić information content (AvgIpc) is 2.98. The van der Waals surface area contributed by atoms with Crippen LogP contribution in [0, 0.1) is 19.3 Å². The van der Waals surface area contributed by atoms with Crippen molar-refractivity contribution in [3.63, 3.8) is 0 Å². The van der Waals surface area contributed by atoms with Crippen molar-refractivity contribution >= 4 is 16.9 Å². The summed E-state index contributed by atoms with van der Waals surface area (Å²) >= 11 is 0. The molecule has 1 aromatic heterocycles. The van der Waals surface area contributed by atoms with E-state index >= 15 is 0 Å². The van der Waals surface area contributed by atoms with Gasteiger partial charge in [-0.2, -0.15) is 0 Å². The first-order valence-corrected chi connectivity index (χ1v) is 10.2. The topological polar surface area (TPSA) is 56.1 Å². The van der Waals surface area contributed by atoms with E-state index in [4.69, 9.17) is 9.72 Å². The number of ether oxygens (including phenoxy) is 1. The Labute approximate surface area is 173 Å². The van der Waals surface area contributed by atoms with Crippen molar-refractivity contribution in [1.82, 2.24) is 14.9 Å². The first-order valence-electron chi connectivity index (χ1n) is 10.2. The summed E-state index contributed by atoms with van der Waals surface area (Å²) in [6.07, 6.45) is 0.681. The smallest absolute Gasteiger partial charge is 0.225 e. The molecule has 1 N–H and O–H groups in total. The van der Waals surface area contributed by atoms with Crippen LogP contribution in [0.5, 0.6) is 5.75 Å². The fraction of sp³-hybridized carbons (Fsp3) is 0.417. The number of aromatic nitrogens is 2. The summed E-state index contributed by atoms with van der Waals surface area (Å²) < 4.78 is 8.21. The minimum Gasteiger partial charge on any atom is -0.492 e. The molecule has 0 atom stereocenters. The van der Waals surface area contributed by atoms with E-state index in [-0.39, 0.29) is 11.3 Å². The summed E-state index contributed by atoms with van der Waals surface area (Å²) in [6, 6.07) is 14.4. The van der Waals surface area contributed by atoms with Crippen LogP contribution in [0.2, 0.25) is 0 Å². The highest BCUT2D eigenvalue weighted by Crippen LogP contribution is 2.19. The summed E-state index contributed by atoms with van der Waals surface area (Å²) in [7, 11) is 0. The Hall–Kier alpha value is -2.82. The number of carbonyl (C=O) groups excluding carboxylic acids is 1. The number of benzene rings is 2. The summed E-state index contributed by atoms with van der Waals surface area (Å²) in [5.74, 6) is 1.91. The number of hydrogen-bond donors (Lipinski definition) is 1. The first kappa shape index (κ1) is 20.9. The lowest BCUT2D eigenvalue weighted by atomic mass is 9.96. The van der Waals surface area contributed by atoms with E-state index in [1.807, 2.05) is 39.0 Å². The molecule has 0 aliphatic rings. The highest BCUT2D eigenvalue weighted by atomic mass is 16.5. The van der Waals surface area contributed by atoms with Crippen molar-refractivity contribution in [3.05, 3.63) is 59.4 Å². The molecule has 0 saturated carbocycles. The summed E-state index contributed by atoms with van der Waals surface area (Å²) in [5, 5.41) is 3.01. The highest BCUT2D eigenvalue weighted by Gasteiger charge is 2.20. The van der Waals surface area contributed by atoms with Gasteiger partial charge in [-0.25, -0.2) is 4.98 Å². The van der Waals surface area contributed by atoms with Gasteiger partial charge in [0.2, 0.25) is 5.91 Å². The Morgan fingerprint density at radius 3 is 2.48 bits per heavy atom. The molecule has 0 fully saturated rings. The quantitative estimate of drug-likeness (QED) is 0.646. The Balaban J connectivity index is 1.70. The van der Waals surface area contributed by atoms with E-state index < -0.39 is 0 Å². The van der Waals surface area contributed by atoms with Crippen molar-refractivity contribution in [2.45, 2.75) is 47.6 Å². The molecule has 0 radical (unpaired) electrons. The molecule has 0 bridgehead atoms. The molecule has 1 amide bonds. The summed E-state index contributed by atoms with van der Waals surface area (Å²) in [6.45, 7) is 11.7. The maximum Gasteiger partial charge on any atom is 0.225 e. The minimum atomic E-state index is -0.389. The summed E-state index contributed by atoms with van der Waals surface area (Å²) in [4.78, 5) is 16.9. The lowest BCUT2D eigenvalue weighted by Crippen LogP contribution is -2.36. The molecule has 5 heteroatoms. The minimum absolute atomic E-state index is 0.0540. The largest absolute Gasteiger partial charge is 0.492 e. The van der Waals surface area contributed by atoms with Gasteiger partial charge < -0.3 is 14.6 Å². The van der Waals surface area contributed by atoms with E-state index in [1.54, 1.807) is 0 Å². The van der Waals surface area contributed by atoms with Gasteiger partial charge >= 0.3 is 0 Å². The van der Waals surface area contributed by atoms with Crippen molar-refractivity contribution in [2.24, 2.45) is 5.41 Å². The number of hydrogen-bond acceptors (Lipinski definition) is 3. The Kier molecular flexibility index (Phi) is 6.26. The van der Waals surface area contributed by atoms with Crippen molar-refractivity contribution < 1.29 is 9.53 Å². The molecule has 1 heterocycles. The van der Waals surface area contributed by atoms with Crippen LogP contribution in [0.3, 0.4) is 0 Å². The maximum atomic E-state index is 12.1. The standard InChI is InChI=1S/C24H31N3O2/c1-17-14-18(2)16-19(15-17)29-13-12-27-21-9-7-6-8-20(21)26-22(27)10-11-25-23(28)24(3,4)5/h6-9,14-16H,10-13H2,1-5H3,(H,25,28). The van der Waals surface area contributed by atoms with E-state index in [0.717, 1.165) is 22.6 Å². The Morgan fingerprint density at radius 2 is 1.79 bits per heavy atom. The van der Waals surface area contributed by atoms with Gasteiger partial charge in [-0.15, -0.1) is 0 Å². The normalized spacial score (nSPS) is 11.6. The lowest BCUT2D eigenvalue weighted by Gasteiger charge is -2.17. The average molecular weight is 394 g/mol. The predicted octanol–water partition coefficient (Wildman–Crippen LogP) is 4.44. The molecule has 3 aromatic rings. The van der Waals surface area contributed by atoms with Crippen molar-refractivity contribution in [3.8, 4) is 5.75 Å². The third-order valence-corrected chi connectivity index (χ3v) is 4.83. The van der Waals surface area contributed by atoms with Gasteiger partial charge in [0.05, 0.1) is 17.6 Å². The molecule has 0 aliphatic carbocycles. The van der Waals surface area contributed by atoms with Crippen LogP contribution in [0.1, 0.15) is 37.7 Å². The number of aryl methyl sites for hydroxylation is 2. The maximum absolute atomic E-state index is 12.1. The van der Waals surface area contributed by atoms with E-state index in [1.165, 1.54) is 11.1 Å². The number of amides is 1. The fourth-order valence-corrected chi connectivity index (χ4v) is 3.39. The molecule has 3 rings (SSSR count). The third-order valence-electron chi connectivity index (χ3n) is 4.83. The predicted molar refractivity (Wildman–Crippen MR) is 117 cm³/mol. The monoisotopic (exact) mass is 393 g/mol. The van der Waals surface area contributed by atoms with Crippen LogP contribution < -0.4 is 10.1 Å². The number of carbonyl (C=O) groups is 1. The molecule has 0 unspecified atom stereocenters. The zero-order chi connectivity index (χ0) is 21.0. The van der Waals surface area contributed by atoms with Crippen LogP contribution >= 0.6 is 0 Å².